The second kappa shape index (κ2) is 10.3. The number of nitrogens with one attached hydrogen (secondary N) is 2. The lowest BCUT2D eigenvalue weighted by atomic mass is 10.0. The number of halogens is 1. The normalized spacial score (nSPS) is 28.2. The Morgan fingerprint density at radius 1 is 1.12 bits per heavy atom. The SMILES string of the molecule is CN1CCC(N2CCC3C2C(=O)NCC(CCC(=O)NCc2ccc(F)cc2)N3C)CC1. The summed E-state index contributed by atoms with van der Waals surface area (Å²) in [5.74, 6) is -0.158. The fourth-order valence-corrected chi connectivity index (χ4v) is 5.52. The highest BCUT2D eigenvalue weighted by molar-refractivity contribution is 5.83. The van der Waals surface area contributed by atoms with Crippen molar-refractivity contribution in [1.29, 1.82) is 0 Å². The van der Waals surface area contributed by atoms with Crippen LogP contribution >= 0.6 is 0 Å². The quantitative estimate of drug-likeness (QED) is 0.689. The fraction of sp³-hybridized carbons (Fsp3) is 0.667. The molecule has 3 saturated heterocycles. The van der Waals surface area contributed by atoms with Crippen molar-refractivity contribution >= 4 is 11.8 Å². The van der Waals surface area contributed by atoms with Crippen LogP contribution in [0, 0.1) is 5.82 Å². The molecule has 1 aromatic rings. The minimum Gasteiger partial charge on any atom is -0.353 e. The number of fused-ring (bicyclic) bond motifs is 1. The van der Waals surface area contributed by atoms with Gasteiger partial charge in [0.1, 0.15) is 11.9 Å². The van der Waals surface area contributed by atoms with E-state index in [1.165, 1.54) is 12.1 Å². The van der Waals surface area contributed by atoms with Gasteiger partial charge in [0.25, 0.3) is 0 Å². The smallest absolute Gasteiger partial charge is 0.239 e. The summed E-state index contributed by atoms with van der Waals surface area (Å²) >= 11 is 0. The van der Waals surface area contributed by atoms with Crippen LogP contribution in [0.15, 0.2) is 24.3 Å². The number of piperidine rings is 1. The highest BCUT2D eigenvalue weighted by Gasteiger charge is 2.47. The Labute approximate surface area is 190 Å². The van der Waals surface area contributed by atoms with Gasteiger partial charge in [0.05, 0.1) is 0 Å². The molecule has 3 aliphatic rings. The van der Waals surface area contributed by atoms with E-state index in [0.717, 1.165) is 44.5 Å². The van der Waals surface area contributed by atoms with Crippen molar-refractivity contribution in [3.63, 3.8) is 0 Å². The lowest BCUT2D eigenvalue weighted by molar-refractivity contribution is -0.127. The molecule has 3 aliphatic heterocycles. The van der Waals surface area contributed by atoms with E-state index in [9.17, 15) is 14.0 Å². The van der Waals surface area contributed by atoms with E-state index >= 15 is 0 Å². The number of carbonyl (C=O) groups is 2. The molecule has 3 unspecified atom stereocenters. The van der Waals surface area contributed by atoms with Crippen LogP contribution in [0.4, 0.5) is 4.39 Å². The summed E-state index contributed by atoms with van der Waals surface area (Å²) in [5, 5.41) is 6.08. The molecule has 176 valence electrons. The highest BCUT2D eigenvalue weighted by atomic mass is 19.1. The number of carbonyl (C=O) groups excluding carboxylic acids is 2. The number of likely N-dealkylation sites (N-methyl/N-ethyl adjacent to an activating group) is 1. The zero-order chi connectivity index (χ0) is 22.7. The molecule has 3 atom stereocenters. The number of nitrogens with zero attached hydrogens (tertiary/aromatic N) is 3. The van der Waals surface area contributed by atoms with Crippen molar-refractivity contribution in [2.45, 2.75) is 62.8 Å². The molecule has 4 rings (SSSR count). The zero-order valence-corrected chi connectivity index (χ0v) is 19.2. The van der Waals surface area contributed by atoms with Gasteiger partial charge in [-0.3, -0.25) is 19.4 Å². The van der Waals surface area contributed by atoms with Gasteiger partial charge in [-0.15, -0.1) is 0 Å². The topological polar surface area (TPSA) is 67.9 Å². The minimum absolute atomic E-state index is 0.0192. The van der Waals surface area contributed by atoms with Crippen molar-refractivity contribution in [2.75, 3.05) is 40.3 Å². The Balaban J connectivity index is 1.30. The van der Waals surface area contributed by atoms with Crippen LogP contribution in [0.25, 0.3) is 0 Å². The molecule has 0 spiro atoms. The molecule has 0 saturated carbocycles. The van der Waals surface area contributed by atoms with Gasteiger partial charge in [-0.1, -0.05) is 12.1 Å². The number of hydrogen-bond donors (Lipinski definition) is 2. The molecule has 7 nitrogen and oxygen atoms in total. The van der Waals surface area contributed by atoms with Gasteiger partial charge in [0.15, 0.2) is 0 Å². The van der Waals surface area contributed by atoms with E-state index in [0.29, 0.717) is 32.0 Å². The van der Waals surface area contributed by atoms with E-state index in [4.69, 9.17) is 0 Å². The van der Waals surface area contributed by atoms with Crippen LogP contribution in [-0.2, 0) is 16.1 Å². The zero-order valence-electron chi connectivity index (χ0n) is 19.2. The van der Waals surface area contributed by atoms with Crippen LogP contribution < -0.4 is 10.6 Å². The highest BCUT2D eigenvalue weighted by Crippen LogP contribution is 2.31. The maximum atomic E-state index is 13.0. The van der Waals surface area contributed by atoms with Gasteiger partial charge in [-0.05, 0) is 70.6 Å². The van der Waals surface area contributed by atoms with Crippen LogP contribution in [0.3, 0.4) is 0 Å². The first kappa shape index (κ1) is 23.1. The van der Waals surface area contributed by atoms with Crippen molar-refractivity contribution in [1.82, 2.24) is 25.3 Å². The average molecular weight is 446 g/mol. The molecule has 1 aromatic carbocycles. The van der Waals surface area contributed by atoms with Crippen molar-refractivity contribution in [3.8, 4) is 0 Å². The van der Waals surface area contributed by atoms with E-state index in [-0.39, 0.29) is 35.8 Å². The Hall–Kier alpha value is -2.03. The molecule has 32 heavy (non-hydrogen) atoms. The Morgan fingerprint density at radius 3 is 2.56 bits per heavy atom. The van der Waals surface area contributed by atoms with Crippen molar-refractivity contribution in [3.05, 3.63) is 35.6 Å². The monoisotopic (exact) mass is 445 g/mol. The maximum Gasteiger partial charge on any atom is 0.239 e. The number of hydrogen-bond acceptors (Lipinski definition) is 5. The molecule has 3 heterocycles. The van der Waals surface area contributed by atoms with E-state index in [1.54, 1.807) is 12.1 Å². The molecular formula is C24H36FN5O2. The van der Waals surface area contributed by atoms with Crippen LogP contribution in [0.5, 0.6) is 0 Å². The second-order valence-electron chi connectivity index (χ2n) is 9.58. The molecule has 0 aromatic heterocycles. The Bertz CT molecular complexity index is 796. The summed E-state index contributed by atoms with van der Waals surface area (Å²) in [6.45, 7) is 4.12. The second-order valence-corrected chi connectivity index (χ2v) is 9.58. The summed E-state index contributed by atoms with van der Waals surface area (Å²) in [6, 6.07) is 6.89. The first-order chi connectivity index (χ1) is 15.4. The number of amides is 2. The summed E-state index contributed by atoms with van der Waals surface area (Å²) in [4.78, 5) is 32.6. The number of benzene rings is 1. The Morgan fingerprint density at radius 2 is 1.84 bits per heavy atom. The average Bonchev–Trinajstić information content (AvgIpc) is 3.19. The third-order valence-electron chi connectivity index (χ3n) is 7.55. The minimum atomic E-state index is -0.280. The lowest BCUT2D eigenvalue weighted by Crippen LogP contribution is -2.54. The fourth-order valence-electron chi connectivity index (χ4n) is 5.52. The molecule has 3 fully saturated rings. The summed E-state index contributed by atoms with van der Waals surface area (Å²) in [7, 11) is 4.27. The maximum absolute atomic E-state index is 13.0. The molecule has 2 amide bonds. The Kier molecular flexibility index (Phi) is 7.43. The van der Waals surface area contributed by atoms with E-state index in [1.807, 2.05) is 0 Å². The third-order valence-corrected chi connectivity index (χ3v) is 7.55. The summed E-state index contributed by atoms with van der Waals surface area (Å²) in [6.07, 6.45) is 4.34. The van der Waals surface area contributed by atoms with Gasteiger partial charge in [0, 0.05) is 44.2 Å². The largest absolute Gasteiger partial charge is 0.353 e. The predicted octanol–water partition coefficient (Wildman–Crippen LogP) is 1.19. The number of likely N-dealkylation sites (tertiary alicyclic amines) is 2. The molecule has 0 bridgehead atoms. The molecule has 2 N–H and O–H groups in total. The molecule has 8 heteroatoms. The predicted molar refractivity (Wildman–Crippen MR) is 121 cm³/mol. The summed E-state index contributed by atoms with van der Waals surface area (Å²) in [5.41, 5.74) is 0.876. The van der Waals surface area contributed by atoms with Gasteiger partial charge in [0.2, 0.25) is 11.8 Å². The van der Waals surface area contributed by atoms with E-state index in [2.05, 4.69) is 39.4 Å². The molecule has 0 aliphatic carbocycles. The van der Waals surface area contributed by atoms with Crippen LogP contribution in [0.1, 0.15) is 37.7 Å². The van der Waals surface area contributed by atoms with Gasteiger partial charge >= 0.3 is 0 Å². The van der Waals surface area contributed by atoms with Gasteiger partial charge in [-0.25, -0.2) is 4.39 Å². The van der Waals surface area contributed by atoms with Crippen LogP contribution in [-0.4, -0.2) is 91.0 Å². The standard InChI is InChI=1S/C24H36FN5O2/c1-28-12-9-19(10-13-28)30-14-11-21-23(30)24(32)27-16-20(29(21)2)7-8-22(31)26-15-17-3-5-18(25)6-4-17/h3-6,19-21,23H,7-16H2,1-2H3,(H,26,31)(H,27,32). The van der Waals surface area contributed by atoms with Gasteiger partial charge in [-0.2, -0.15) is 0 Å². The van der Waals surface area contributed by atoms with Gasteiger partial charge < -0.3 is 15.5 Å². The van der Waals surface area contributed by atoms with Crippen LogP contribution in [0.2, 0.25) is 0 Å². The first-order valence-electron chi connectivity index (χ1n) is 11.9. The van der Waals surface area contributed by atoms with Crippen molar-refractivity contribution in [2.24, 2.45) is 0 Å². The third kappa shape index (κ3) is 5.30. The first-order valence-corrected chi connectivity index (χ1v) is 11.9. The van der Waals surface area contributed by atoms with E-state index < -0.39 is 0 Å². The molecular weight excluding hydrogens is 409 g/mol. The summed E-state index contributed by atoms with van der Waals surface area (Å²) < 4.78 is 13.0. The lowest BCUT2D eigenvalue weighted by Gasteiger charge is -2.39. The molecule has 0 radical (unpaired) electrons. The number of rotatable bonds is 6. The van der Waals surface area contributed by atoms with Crippen molar-refractivity contribution < 1.29 is 14.0 Å².